The van der Waals surface area contributed by atoms with Gasteiger partial charge in [0, 0.05) is 17.7 Å². The molecule has 1 N–H and O–H groups in total. The summed E-state index contributed by atoms with van der Waals surface area (Å²) in [7, 11) is 0. The number of rotatable bonds is 1. The average molecular weight is 207 g/mol. The highest BCUT2D eigenvalue weighted by Crippen LogP contribution is 2.19. The summed E-state index contributed by atoms with van der Waals surface area (Å²) < 4.78 is 1.43. The van der Waals surface area contributed by atoms with E-state index in [2.05, 4.69) is 0 Å². The van der Waals surface area contributed by atoms with Gasteiger partial charge >= 0.3 is 0 Å². The summed E-state index contributed by atoms with van der Waals surface area (Å²) in [4.78, 5) is 23.4. The van der Waals surface area contributed by atoms with Gasteiger partial charge in [-0.3, -0.25) is 14.2 Å². The largest absolute Gasteiger partial charge is 0.394 e. The summed E-state index contributed by atoms with van der Waals surface area (Å²) in [5.74, 6) is -0.0577. The van der Waals surface area contributed by atoms with Crippen molar-refractivity contribution in [2.24, 2.45) is 0 Å². The molecule has 2 rings (SSSR count). The zero-order chi connectivity index (χ0) is 11.0. The molecule has 0 saturated carbocycles. The fraction of sp³-hybridized carbons (Fsp3) is 0.455. The molecule has 1 aliphatic rings. The van der Waals surface area contributed by atoms with E-state index in [-0.39, 0.29) is 17.9 Å². The maximum atomic E-state index is 11.8. The van der Waals surface area contributed by atoms with Crippen LogP contribution >= 0.6 is 0 Å². The molecule has 1 atom stereocenters. The van der Waals surface area contributed by atoms with E-state index in [0.29, 0.717) is 18.4 Å². The third kappa shape index (κ3) is 1.51. The number of carbonyl (C=O) groups is 1. The summed E-state index contributed by atoms with van der Waals surface area (Å²) in [5.41, 5.74) is 1.27. The van der Waals surface area contributed by atoms with Gasteiger partial charge in [-0.2, -0.15) is 0 Å². The number of hydrogen-bond donors (Lipinski definition) is 1. The van der Waals surface area contributed by atoms with Crippen LogP contribution in [0.3, 0.4) is 0 Å². The van der Waals surface area contributed by atoms with Crippen molar-refractivity contribution in [2.75, 3.05) is 6.61 Å². The van der Waals surface area contributed by atoms with Gasteiger partial charge in [0.1, 0.15) is 6.04 Å². The van der Waals surface area contributed by atoms with Crippen molar-refractivity contribution >= 4 is 5.78 Å². The summed E-state index contributed by atoms with van der Waals surface area (Å²) in [6, 6.07) is 2.94. The Labute approximate surface area is 87.2 Å². The summed E-state index contributed by atoms with van der Waals surface area (Å²) >= 11 is 0. The molecule has 1 unspecified atom stereocenters. The smallest absolute Gasteiger partial charge is 0.254 e. The lowest BCUT2D eigenvalue weighted by Gasteiger charge is -2.25. The molecule has 1 aliphatic heterocycles. The van der Waals surface area contributed by atoms with Gasteiger partial charge in [-0.25, -0.2) is 0 Å². The molecule has 0 aliphatic carbocycles. The molecule has 0 bridgehead atoms. The summed E-state index contributed by atoms with van der Waals surface area (Å²) in [5, 5.41) is 9.14. The van der Waals surface area contributed by atoms with Crippen LogP contribution in [0.2, 0.25) is 0 Å². The highest BCUT2D eigenvalue weighted by Gasteiger charge is 2.27. The standard InChI is InChI=1S/C11H13NO3/c1-7-2-3-8-4-5-10(14)9(6-13)12(8)11(7)15/h2-3,9,13H,4-6H2,1H3. The Morgan fingerprint density at radius 3 is 2.80 bits per heavy atom. The molecular weight excluding hydrogens is 194 g/mol. The molecule has 80 valence electrons. The molecule has 0 fully saturated rings. The van der Waals surface area contributed by atoms with E-state index in [0.717, 1.165) is 5.69 Å². The van der Waals surface area contributed by atoms with Gasteiger partial charge < -0.3 is 5.11 Å². The number of aromatic nitrogens is 1. The Morgan fingerprint density at radius 2 is 2.13 bits per heavy atom. The first kappa shape index (κ1) is 10.1. The van der Waals surface area contributed by atoms with Crippen LogP contribution < -0.4 is 5.56 Å². The van der Waals surface area contributed by atoms with E-state index >= 15 is 0 Å². The van der Waals surface area contributed by atoms with Crippen molar-refractivity contribution in [1.29, 1.82) is 0 Å². The van der Waals surface area contributed by atoms with Gasteiger partial charge in [0.15, 0.2) is 5.78 Å². The maximum absolute atomic E-state index is 11.8. The van der Waals surface area contributed by atoms with Crippen LogP contribution in [0.5, 0.6) is 0 Å². The number of nitrogens with zero attached hydrogens (tertiary/aromatic N) is 1. The molecule has 0 radical (unpaired) electrons. The van der Waals surface area contributed by atoms with Gasteiger partial charge in [0.2, 0.25) is 0 Å². The van der Waals surface area contributed by atoms with Crippen molar-refractivity contribution in [3.8, 4) is 0 Å². The van der Waals surface area contributed by atoms with Crippen molar-refractivity contribution in [1.82, 2.24) is 4.57 Å². The second-order valence-electron chi connectivity index (χ2n) is 3.85. The zero-order valence-electron chi connectivity index (χ0n) is 8.56. The molecule has 1 aromatic heterocycles. The number of aliphatic hydroxyl groups excluding tert-OH is 1. The maximum Gasteiger partial charge on any atom is 0.254 e. The molecular formula is C11H13NO3. The average Bonchev–Trinajstić information content (AvgIpc) is 2.24. The number of pyridine rings is 1. The molecule has 1 aromatic rings. The van der Waals surface area contributed by atoms with Crippen LogP contribution in [0.4, 0.5) is 0 Å². The van der Waals surface area contributed by atoms with E-state index < -0.39 is 6.04 Å². The Morgan fingerprint density at radius 1 is 1.40 bits per heavy atom. The fourth-order valence-corrected chi connectivity index (χ4v) is 1.98. The number of carbonyl (C=O) groups excluding carboxylic acids is 1. The Hall–Kier alpha value is -1.42. The monoisotopic (exact) mass is 207 g/mol. The molecule has 0 saturated heterocycles. The second kappa shape index (κ2) is 3.62. The molecule has 0 amide bonds. The molecule has 2 heterocycles. The van der Waals surface area contributed by atoms with Crippen LogP contribution in [0.15, 0.2) is 16.9 Å². The normalized spacial score (nSPS) is 20.1. The van der Waals surface area contributed by atoms with Crippen LogP contribution in [-0.2, 0) is 11.2 Å². The van der Waals surface area contributed by atoms with Crippen LogP contribution in [0.25, 0.3) is 0 Å². The molecule has 15 heavy (non-hydrogen) atoms. The Bertz CT molecular complexity index is 461. The number of ketones is 1. The first-order valence-electron chi connectivity index (χ1n) is 4.99. The first-order chi connectivity index (χ1) is 7.15. The van der Waals surface area contributed by atoms with Crippen LogP contribution in [0.1, 0.15) is 23.7 Å². The highest BCUT2D eigenvalue weighted by atomic mass is 16.3. The molecule has 4 heteroatoms. The molecule has 0 aromatic carbocycles. The third-order valence-corrected chi connectivity index (χ3v) is 2.88. The van der Waals surface area contributed by atoms with Crippen molar-refractivity contribution in [3.63, 3.8) is 0 Å². The summed E-state index contributed by atoms with van der Waals surface area (Å²) in [6.07, 6.45) is 0.999. The van der Waals surface area contributed by atoms with Crippen LogP contribution in [0, 0.1) is 6.92 Å². The van der Waals surface area contributed by atoms with Crippen molar-refractivity contribution in [3.05, 3.63) is 33.7 Å². The summed E-state index contributed by atoms with van der Waals surface area (Å²) in [6.45, 7) is 1.42. The van der Waals surface area contributed by atoms with Crippen molar-refractivity contribution < 1.29 is 9.90 Å². The molecule has 4 nitrogen and oxygen atoms in total. The first-order valence-corrected chi connectivity index (χ1v) is 4.99. The number of Topliss-reactive ketones (excluding diaryl/α,β-unsaturated/α-hetero) is 1. The quantitative estimate of drug-likeness (QED) is 0.716. The predicted molar refractivity (Wildman–Crippen MR) is 54.9 cm³/mol. The SMILES string of the molecule is Cc1ccc2n(c1=O)C(CO)C(=O)CC2. The van der Waals surface area contributed by atoms with Crippen molar-refractivity contribution in [2.45, 2.75) is 25.8 Å². The van der Waals surface area contributed by atoms with E-state index in [9.17, 15) is 9.59 Å². The second-order valence-corrected chi connectivity index (χ2v) is 3.85. The van der Waals surface area contributed by atoms with Gasteiger partial charge in [-0.1, -0.05) is 6.07 Å². The van der Waals surface area contributed by atoms with E-state index in [1.165, 1.54) is 4.57 Å². The number of hydrogen-bond acceptors (Lipinski definition) is 3. The predicted octanol–water partition coefficient (Wildman–Crippen LogP) is 0.205. The third-order valence-electron chi connectivity index (χ3n) is 2.88. The van der Waals surface area contributed by atoms with E-state index in [1.54, 1.807) is 13.0 Å². The topological polar surface area (TPSA) is 59.3 Å². The Balaban J connectivity index is 2.65. The fourth-order valence-electron chi connectivity index (χ4n) is 1.98. The van der Waals surface area contributed by atoms with Gasteiger partial charge in [-0.15, -0.1) is 0 Å². The number of fused-ring (bicyclic) bond motifs is 1. The van der Waals surface area contributed by atoms with Gasteiger partial charge in [0.25, 0.3) is 5.56 Å². The van der Waals surface area contributed by atoms with Crippen LogP contribution in [-0.4, -0.2) is 22.1 Å². The van der Waals surface area contributed by atoms with Gasteiger partial charge in [-0.05, 0) is 19.4 Å². The van der Waals surface area contributed by atoms with E-state index in [4.69, 9.17) is 5.11 Å². The lowest BCUT2D eigenvalue weighted by molar-refractivity contribution is -0.124. The minimum Gasteiger partial charge on any atom is -0.394 e. The lowest BCUT2D eigenvalue weighted by atomic mass is 9.99. The minimum atomic E-state index is -0.679. The van der Waals surface area contributed by atoms with Gasteiger partial charge in [0.05, 0.1) is 6.61 Å². The van der Waals surface area contributed by atoms with E-state index in [1.807, 2.05) is 6.07 Å². The lowest BCUT2D eigenvalue weighted by Crippen LogP contribution is -2.38. The minimum absolute atomic E-state index is 0.0577. The number of aryl methyl sites for hydroxylation is 2. The number of aliphatic hydroxyl groups is 1. The molecule has 0 spiro atoms. The zero-order valence-corrected chi connectivity index (χ0v) is 8.56. The Kier molecular flexibility index (Phi) is 2.44. The highest BCUT2D eigenvalue weighted by molar-refractivity contribution is 5.84.